The summed E-state index contributed by atoms with van der Waals surface area (Å²) >= 11 is 0. The summed E-state index contributed by atoms with van der Waals surface area (Å²) in [5.74, 6) is 1.42. The third-order valence-corrected chi connectivity index (χ3v) is 6.80. The van der Waals surface area contributed by atoms with Gasteiger partial charge in [-0.15, -0.1) is 0 Å². The number of carbonyl (C=O) groups is 1. The molecule has 0 N–H and O–H groups in total. The van der Waals surface area contributed by atoms with Crippen molar-refractivity contribution in [2.45, 2.75) is 52.1 Å². The number of amides is 1. The summed E-state index contributed by atoms with van der Waals surface area (Å²) < 4.78 is 7.29. The van der Waals surface area contributed by atoms with E-state index in [0.717, 1.165) is 36.3 Å². The van der Waals surface area contributed by atoms with Gasteiger partial charge >= 0.3 is 0 Å². The quantitative estimate of drug-likeness (QED) is 0.365. The lowest BCUT2D eigenvalue weighted by molar-refractivity contribution is -0.142. The summed E-state index contributed by atoms with van der Waals surface area (Å²) in [4.78, 5) is 34.2. The van der Waals surface area contributed by atoms with E-state index in [1.807, 2.05) is 73.3 Å². The van der Waals surface area contributed by atoms with Crippen molar-refractivity contribution in [3.8, 4) is 5.69 Å². The molecule has 34 heavy (non-hydrogen) atoms. The van der Waals surface area contributed by atoms with Crippen LogP contribution < -0.4 is 5.56 Å². The standard InChI is InChI=1S/C28H29N3O3/c1-3-25(30(18-22-10-7-17-34-22)27(32)20-8-6-9-20)26-29-24-12-5-4-11-23(24)28(33)31(26)21-15-13-19(2)14-16-21/h4-5,7,10-17,20,25H,3,6,8-9,18H2,1-2H3. The van der Waals surface area contributed by atoms with Crippen LogP contribution in [0.2, 0.25) is 0 Å². The van der Waals surface area contributed by atoms with Crippen LogP contribution in [0.25, 0.3) is 16.6 Å². The van der Waals surface area contributed by atoms with Gasteiger partial charge in [0.05, 0.1) is 35.4 Å². The summed E-state index contributed by atoms with van der Waals surface area (Å²) in [5.41, 5.74) is 2.37. The van der Waals surface area contributed by atoms with Crippen LogP contribution in [0.5, 0.6) is 0 Å². The normalized spacial score (nSPS) is 14.6. The van der Waals surface area contributed by atoms with Gasteiger partial charge in [-0.1, -0.05) is 43.2 Å². The van der Waals surface area contributed by atoms with E-state index in [-0.39, 0.29) is 23.4 Å². The molecule has 2 aromatic heterocycles. The van der Waals surface area contributed by atoms with Gasteiger partial charge in [-0.3, -0.25) is 14.2 Å². The Labute approximate surface area is 198 Å². The van der Waals surface area contributed by atoms with E-state index in [9.17, 15) is 9.59 Å². The predicted octanol–water partition coefficient (Wildman–Crippen LogP) is 5.57. The zero-order chi connectivity index (χ0) is 23.7. The first-order chi connectivity index (χ1) is 16.6. The first kappa shape index (κ1) is 22.1. The monoisotopic (exact) mass is 455 g/mol. The second kappa shape index (κ2) is 9.29. The maximum Gasteiger partial charge on any atom is 0.266 e. The average Bonchev–Trinajstić information content (AvgIpc) is 3.32. The molecule has 1 fully saturated rings. The Bertz CT molecular complexity index is 1350. The highest BCUT2D eigenvalue weighted by Gasteiger charge is 2.35. The van der Waals surface area contributed by atoms with Crippen molar-refractivity contribution in [2.75, 3.05) is 0 Å². The number of furan rings is 1. The van der Waals surface area contributed by atoms with Gasteiger partial charge in [0.2, 0.25) is 5.91 Å². The van der Waals surface area contributed by atoms with Crippen molar-refractivity contribution in [3.05, 3.63) is 94.4 Å². The number of aromatic nitrogens is 2. The molecule has 1 aliphatic rings. The Morgan fingerprint density at radius 1 is 1.12 bits per heavy atom. The van der Waals surface area contributed by atoms with Crippen LogP contribution >= 0.6 is 0 Å². The van der Waals surface area contributed by atoms with Crippen molar-refractivity contribution < 1.29 is 9.21 Å². The third-order valence-electron chi connectivity index (χ3n) is 6.80. The number of nitrogens with zero attached hydrogens (tertiary/aromatic N) is 3. The highest BCUT2D eigenvalue weighted by Crippen LogP contribution is 2.34. The molecule has 0 aliphatic heterocycles. The largest absolute Gasteiger partial charge is 0.467 e. The van der Waals surface area contributed by atoms with Gasteiger partial charge in [0.15, 0.2) is 0 Å². The highest BCUT2D eigenvalue weighted by molar-refractivity contribution is 5.81. The van der Waals surface area contributed by atoms with E-state index in [0.29, 0.717) is 29.7 Å². The number of carbonyl (C=O) groups excluding carboxylic acids is 1. The molecule has 5 rings (SSSR count). The molecule has 4 aromatic rings. The number of hydrogen-bond donors (Lipinski definition) is 0. The van der Waals surface area contributed by atoms with E-state index in [2.05, 4.69) is 0 Å². The number of hydrogen-bond acceptors (Lipinski definition) is 4. The van der Waals surface area contributed by atoms with E-state index >= 15 is 0 Å². The molecule has 1 aliphatic carbocycles. The third kappa shape index (κ3) is 4.04. The Morgan fingerprint density at radius 2 is 1.88 bits per heavy atom. The topological polar surface area (TPSA) is 68.3 Å². The van der Waals surface area contributed by atoms with Gasteiger partial charge in [0.1, 0.15) is 11.6 Å². The number of aryl methyl sites for hydroxylation is 1. The fourth-order valence-electron chi connectivity index (χ4n) is 4.66. The van der Waals surface area contributed by atoms with Crippen LogP contribution in [0.15, 0.2) is 76.1 Å². The predicted molar refractivity (Wildman–Crippen MR) is 132 cm³/mol. The van der Waals surface area contributed by atoms with Gasteiger partial charge in [-0.05, 0) is 62.6 Å². The first-order valence-corrected chi connectivity index (χ1v) is 12.0. The Morgan fingerprint density at radius 3 is 2.53 bits per heavy atom. The molecular weight excluding hydrogens is 426 g/mol. The van der Waals surface area contributed by atoms with E-state index in [1.165, 1.54) is 0 Å². The van der Waals surface area contributed by atoms with E-state index < -0.39 is 0 Å². The van der Waals surface area contributed by atoms with E-state index in [1.54, 1.807) is 16.9 Å². The molecule has 6 heteroatoms. The lowest BCUT2D eigenvalue weighted by Crippen LogP contribution is -2.42. The molecule has 0 spiro atoms. The van der Waals surface area contributed by atoms with Crippen LogP contribution in [0.4, 0.5) is 0 Å². The smallest absolute Gasteiger partial charge is 0.266 e. The van der Waals surface area contributed by atoms with Crippen molar-refractivity contribution in [2.24, 2.45) is 5.92 Å². The van der Waals surface area contributed by atoms with Crippen LogP contribution in [0, 0.1) is 12.8 Å². The van der Waals surface area contributed by atoms with Gasteiger partial charge < -0.3 is 9.32 Å². The minimum atomic E-state index is -0.378. The lowest BCUT2D eigenvalue weighted by atomic mass is 9.84. The summed E-state index contributed by atoms with van der Waals surface area (Å²) in [7, 11) is 0. The second-order valence-corrected chi connectivity index (χ2v) is 9.06. The van der Waals surface area contributed by atoms with Crippen LogP contribution in [-0.4, -0.2) is 20.4 Å². The first-order valence-electron chi connectivity index (χ1n) is 12.0. The Hall–Kier alpha value is -3.67. The number of rotatable bonds is 7. The van der Waals surface area contributed by atoms with Gasteiger partial charge in [0.25, 0.3) is 5.56 Å². The Balaban J connectivity index is 1.70. The minimum Gasteiger partial charge on any atom is -0.467 e. The molecule has 174 valence electrons. The molecule has 2 heterocycles. The van der Waals surface area contributed by atoms with Crippen LogP contribution in [-0.2, 0) is 11.3 Å². The zero-order valence-corrected chi connectivity index (χ0v) is 19.6. The maximum atomic E-state index is 13.8. The average molecular weight is 456 g/mol. The second-order valence-electron chi connectivity index (χ2n) is 9.06. The number of para-hydroxylation sites is 1. The van der Waals surface area contributed by atoms with Crippen molar-refractivity contribution in [1.82, 2.24) is 14.5 Å². The Kier molecular flexibility index (Phi) is 6.05. The van der Waals surface area contributed by atoms with Gasteiger partial charge in [-0.2, -0.15) is 0 Å². The molecule has 1 unspecified atom stereocenters. The van der Waals surface area contributed by atoms with Crippen LogP contribution in [0.1, 0.15) is 55.8 Å². The van der Waals surface area contributed by atoms with Crippen molar-refractivity contribution in [1.29, 1.82) is 0 Å². The fourth-order valence-corrected chi connectivity index (χ4v) is 4.66. The highest BCUT2D eigenvalue weighted by atomic mass is 16.3. The number of fused-ring (bicyclic) bond motifs is 1. The zero-order valence-electron chi connectivity index (χ0n) is 19.6. The summed E-state index contributed by atoms with van der Waals surface area (Å²) in [6.07, 6.45) is 5.12. The minimum absolute atomic E-state index is 0.0176. The molecule has 1 amide bonds. The molecule has 0 bridgehead atoms. The summed E-state index contributed by atoms with van der Waals surface area (Å²) in [6, 6.07) is 18.6. The van der Waals surface area contributed by atoms with Gasteiger partial charge in [-0.25, -0.2) is 4.98 Å². The molecule has 1 saturated carbocycles. The summed E-state index contributed by atoms with van der Waals surface area (Å²) in [6.45, 7) is 4.40. The maximum absolute atomic E-state index is 13.8. The van der Waals surface area contributed by atoms with Gasteiger partial charge in [0, 0.05) is 5.92 Å². The van der Waals surface area contributed by atoms with Crippen LogP contribution in [0.3, 0.4) is 0 Å². The summed E-state index contributed by atoms with van der Waals surface area (Å²) in [5, 5.41) is 0.560. The lowest BCUT2D eigenvalue weighted by Gasteiger charge is -2.36. The van der Waals surface area contributed by atoms with Crippen molar-refractivity contribution in [3.63, 3.8) is 0 Å². The van der Waals surface area contributed by atoms with E-state index in [4.69, 9.17) is 9.40 Å². The molecule has 2 aromatic carbocycles. The molecule has 1 atom stereocenters. The number of benzene rings is 2. The fraction of sp³-hybridized carbons (Fsp3) is 0.321. The van der Waals surface area contributed by atoms with Crippen molar-refractivity contribution >= 4 is 16.8 Å². The molecule has 6 nitrogen and oxygen atoms in total. The SMILES string of the molecule is CCC(c1nc2ccccc2c(=O)n1-c1ccc(C)cc1)N(Cc1ccco1)C(=O)C1CCC1. The molecule has 0 saturated heterocycles. The molecule has 0 radical (unpaired) electrons. The molecular formula is C28H29N3O3.